The minimum atomic E-state index is -4.45. The van der Waals surface area contributed by atoms with Crippen molar-refractivity contribution in [3.63, 3.8) is 0 Å². The molecule has 43 heavy (non-hydrogen) atoms. The Bertz CT molecular complexity index is 1640. The lowest BCUT2D eigenvalue weighted by atomic mass is 9.75. The zero-order chi connectivity index (χ0) is 30.4. The molecule has 0 bridgehead atoms. The molecule has 226 valence electrons. The number of sulfone groups is 1. The summed E-state index contributed by atoms with van der Waals surface area (Å²) >= 11 is 0. The molecule has 2 aliphatic carbocycles. The predicted molar refractivity (Wildman–Crippen MR) is 155 cm³/mol. The van der Waals surface area contributed by atoms with Crippen LogP contribution in [0.5, 0.6) is 0 Å². The Hall–Kier alpha value is -3.85. The molecule has 6 rings (SSSR count). The minimum absolute atomic E-state index is 0.108. The summed E-state index contributed by atoms with van der Waals surface area (Å²) in [6.45, 7) is 0.837. The topological polar surface area (TPSA) is 108 Å². The molecule has 1 N–H and O–H groups in total. The zero-order valence-corrected chi connectivity index (χ0v) is 24.3. The van der Waals surface area contributed by atoms with E-state index in [1.807, 2.05) is 29.2 Å². The number of anilines is 1. The monoisotopic (exact) mass is 611 g/mol. The number of aromatic nitrogens is 2. The molecular formula is C31H32F3N5O3S. The molecule has 2 atom stereocenters. The number of nitrogens with one attached hydrogen (secondary N) is 1. The fourth-order valence-corrected chi connectivity index (χ4v) is 7.33. The van der Waals surface area contributed by atoms with E-state index in [1.54, 1.807) is 10.9 Å². The molecule has 1 amide bonds. The number of carbonyl (C=O) groups excluding carboxylic acids is 1. The van der Waals surface area contributed by atoms with Crippen LogP contribution in [0.1, 0.15) is 55.7 Å². The largest absolute Gasteiger partial charge is 0.416 e. The summed E-state index contributed by atoms with van der Waals surface area (Å²) in [4.78, 5) is 15.5. The molecule has 2 saturated carbocycles. The van der Waals surface area contributed by atoms with Crippen LogP contribution in [0.4, 0.5) is 18.9 Å². The fraction of sp³-hybridized carbons (Fsp3) is 0.452. The van der Waals surface area contributed by atoms with Crippen molar-refractivity contribution in [1.29, 1.82) is 5.26 Å². The van der Waals surface area contributed by atoms with Crippen LogP contribution >= 0.6 is 0 Å². The van der Waals surface area contributed by atoms with Crippen molar-refractivity contribution >= 4 is 21.4 Å². The highest BCUT2D eigenvalue weighted by Gasteiger charge is 2.47. The summed E-state index contributed by atoms with van der Waals surface area (Å²) in [7, 11) is -3.01. The SMILES string of the molecule is N#CC1(NC(=O)[C@@H]2CCCC[C@H]2c2nn(-c3ccc(C(F)(F)F)cc3)cc2-c2ccc(N3CCS(=O)(=O)CC3)cc2)CC1. The Labute approximate surface area is 248 Å². The van der Waals surface area contributed by atoms with E-state index in [1.165, 1.54) is 12.1 Å². The van der Waals surface area contributed by atoms with Crippen molar-refractivity contribution in [2.75, 3.05) is 29.5 Å². The number of amides is 1. The van der Waals surface area contributed by atoms with Gasteiger partial charge in [0.05, 0.1) is 34.5 Å². The van der Waals surface area contributed by atoms with E-state index in [0.717, 1.165) is 48.2 Å². The smallest absolute Gasteiger partial charge is 0.369 e. The molecule has 2 heterocycles. The quantitative estimate of drug-likeness (QED) is 0.409. The average molecular weight is 612 g/mol. The number of hydrogen-bond acceptors (Lipinski definition) is 6. The van der Waals surface area contributed by atoms with Gasteiger partial charge in [0.1, 0.15) is 5.54 Å². The van der Waals surface area contributed by atoms with E-state index < -0.39 is 27.1 Å². The second kappa shape index (κ2) is 11.0. The maximum Gasteiger partial charge on any atom is 0.416 e. The Morgan fingerprint density at radius 2 is 1.60 bits per heavy atom. The first-order chi connectivity index (χ1) is 20.5. The Morgan fingerprint density at radius 3 is 2.21 bits per heavy atom. The van der Waals surface area contributed by atoms with Crippen molar-refractivity contribution in [2.24, 2.45) is 5.92 Å². The number of halogens is 3. The van der Waals surface area contributed by atoms with Gasteiger partial charge in [-0.2, -0.15) is 23.5 Å². The van der Waals surface area contributed by atoms with Crippen LogP contribution in [-0.4, -0.2) is 54.2 Å². The molecule has 0 unspecified atom stereocenters. The average Bonchev–Trinajstić information content (AvgIpc) is 3.63. The molecule has 3 fully saturated rings. The highest BCUT2D eigenvalue weighted by molar-refractivity contribution is 7.91. The van der Waals surface area contributed by atoms with E-state index in [2.05, 4.69) is 11.4 Å². The van der Waals surface area contributed by atoms with Gasteiger partial charge in [-0.15, -0.1) is 0 Å². The van der Waals surface area contributed by atoms with Gasteiger partial charge < -0.3 is 10.2 Å². The number of carbonyl (C=O) groups is 1. The van der Waals surface area contributed by atoms with Crippen LogP contribution in [0, 0.1) is 17.2 Å². The van der Waals surface area contributed by atoms with Gasteiger partial charge in [-0.25, -0.2) is 13.1 Å². The van der Waals surface area contributed by atoms with E-state index in [0.29, 0.717) is 43.7 Å². The lowest BCUT2D eigenvalue weighted by Crippen LogP contribution is -2.42. The molecule has 12 heteroatoms. The third-order valence-electron chi connectivity index (χ3n) is 8.87. The summed E-state index contributed by atoms with van der Waals surface area (Å²) in [6, 6.07) is 14.8. The molecule has 1 saturated heterocycles. The van der Waals surface area contributed by atoms with Crippen LogP contribution in [0.3, 0.4) is 0 Å². The summed E-state index contributed by atoms with van der Waals surface area (Å²) in [5, 5.41) is 17.4. The molecule has 3 aromatic rings. The van der Waals surface area contributed by atoms with Gasteiger partial charge in [-0.1, -0.05) is 25.0 Å². The highest BCUT2D eigenvalue weighted by Crippen LogP contribution is 2.43. The van der Waals surface area contributed by atoms with Gasteiger partial charge in [0.25, 0.3) is 0 Å². The van der Waals surface area contributed by atoms with Crippen LogP contribution in [0.25, 0.3) is 16.8 Å². The van der Waals surface area contributed by atoms with Gasteiger partial charge in [-0.05, 0) is 67.6 Å². The number of nitriles is 1. The number of benzene rings is 2. The zero-order valence-electron chi connectivity index (χ0n) is 23.5. The first-order valence-electron chi connectivity index (χ1n) is 14.5. The van der Waals surface area contributed by atoms with Gasteiger partial charge in [0.2, 0.25) is 5.91 Å². The molecule has 1 aliphatic heterocycles. The van der Waals surface area contributed by atoms with Crippen molar-refractivity contribution in [1.82, 2.24) is 15.1 Å². The first kappa shape index (κ1) is 29.2. The fourth-order valence-electron chi connectivity index (χ4n) is 6.13. The molecule has 8 nitrogen and oxygen atoms in total. The molecule has 3 aliphatic rings. The van der Waals surface area contributed by atoms with Gasteiger partial charge in [-0.3, -0.25) is 4.79 Å². The van der Waals surface area contributed by atoms with Crippen LogP contribution in [-0.2, 0) is 20.8 Å². The molecular weight excluding hydrogens is 579 g/mol. The van der Waals surface area contributed by atoms with Crippen molar-refractivity contribution in [3.8, 4) is 22.9 Å². The van der Waals surface area contributed by atoms with Crippen molar-refractivity contribution in [3.05, 3.63) is 66.0 Å². The number of hydrogen-bond donors (Lipinski definition) is 1. The lowest BCUT2D eigenvalue weighted by molar-refractivity contribution is -0.137. The van der Waals surface area contributed by atoms with Gasteiger partial charge in [0, 0.05) is 42.4 Å². The van der Waals surface area contributed by atoms with Gasteiger partial charge in [0.15, 0.2) is 9.84 Å². The molecule has 0 spiro atoms. The summed E-state index contributed by atoms with van der Waals surface area (Å²) in [5.74, 6) is -0.562. The third kappa shape index (κ3) is 6.13. The van der Waals surface area contributed by atoms with Gasteiger partial charge >= 0.3 is 6.18 Å². The first-order valence-corrected chi connectivity index (χ1v) is 16.4. The van der Waals surface area contributed by atoms with E-state index in [-0.39, 0.29) is 29.2 Å². The van der Waals surface area contributed by atoms with Crippen LogP contribution in [0.2, 0.25) is 0 Å². The summed E-state index contributed by atoms with van der Waals surface area (Å²) in [6.07, 6.45) is 1.76. The minimum Gasteiger partial charge on any atom is -0.369 e. The Kier molecular flexibility index (Phi) is 7.49. The second-order valence-electron chi connectivity index (χ2n) is 11.8. The summed E-state index contributed by atoms with van der Waals surface area (Å²) in [5.41, 5.74) is 2.13. The standard InChI is InChI=1S/C31H32F3N5O3S/c32-31(33,34)22-7-11-24(12-8-22)39-19-27(21-5-9-23(10-6-21)38-15-17-43(41,42)18-16-38)28(37-39)25-3-1-2-4-26(25)29(40)36-30(20-35)13-14-30/h5-12,19,25-26H,1-4,13-18H2,(H,36,40)/t25-,26-/m1/s1. The lowest BCUT2D eigenvalue weighted by Gasteiger charge is -2.31. The van der Waals surface area contributed by atoms with Crippen molar-refractivity contribution in [2.45, 2.75) is 56.2 Å². The normalized spacial score (nSPS) is 22.9. The summed E-state index contributed by atoms with van der Waals surface area (Å²) < 4.78 is 65.0. The number of alkyl halides is 3. The Morgan fingerprint density at radius 1 is 0.977 bits per heavy atom. The van der Waals surface area contributed by atoms with Crippen LogP contribution < -0.4 is 10.2 Å². The molecule has 0 radical (unpaired) electrons. The molecule has 2 aromatic carbocycles. The van der Waals surface area contributed by atoms with E-state index >= 15 is 0 Å². The Balaban J connectivity index is 1.35. The maximum atomic E-state index is 13.5. The highest BCUT2D eigenvalue weighted by atomic mass is 32.2. The predicted octanol–water partition coefficient (Wildman–Crippen LogP) is 5.24. The van der Waals surface area contributed by atoms with Crippen molar-refractivity contribution < 1.29 is 26.4 Å². The maximum absolute atomic E-state index is 13.5. The number of nitrogens with zero attached hydrogens (tertiary/aromatic N) is 4. The second-order valence-corrected chi connectivity index (χ2v) is 14.1. The number of rotatable bonds is 6. The van der Waals surface area contributed by atoms with E-state index in [4.69, 9.17) is 5.10 Å². The van der Waals surface area contributed by atoms with E-state index in [9.17, 15) is 31.6 Å². The van der Waals surface area contributed by atoms with Crippen LogP contribution in [0.15, 0.2) is 54.7 Å². The third-order valence-corrected chi connectivity index (χ3v) is 10.5. The molecule has 1 aromatic heterocycles.